The lowest BCUT2D eigenvalue weighted by Crippen LogP contribution is -2.29. The first-order valence-corrected chi connectivity index (χ1v) is 6.39. The highest BCUT2D eigenvalue weighted by atomic mass is 16.5. The summed E-state index contributed by atoms with van der Waals surface area (Å²) in [6.45, 7) is 3.19. The number of nitrogen functional groups attached to an aromatic ring is 1. The minimum absolute atomic E-state index is 0.132. The van der Waals surface area contributed by atoms with Crippen molar-refractivity contribution in [1.82, 2.24) is 15.3 Å². The molecule has 20 heavy (non-hydrogen) atoms. The number of nitrogens with one attached hydrogen (secondary N) is 1. The van der Waals surface area contributed by atoms with Crippen LogP contribution in [-0.4, -0.2) is 36.1 Å². The highest BCUT2D eigenvalue weighted by Gasteiger charge is 2.09. The third-order valence-electron chi connectivity index (χ3n) is 2.99. The standard InChI is InChI=1S/C14H18N4O2/c1-9(7-20-2)6-16-14(19)10-3-4-11-12(5-10)17-8-18-13(11)15/h3-5,8-9H,6-7H2,1-2H3,(H,16,19)(H2,15,17,18). The predicted octanol–water partition coefficient (Wildman–Crippen LogP) is 1.22. The van der Waals surface area contributed by atoms with E-state index in [1.54, 1.807) is 25.3 Å². The number of amides is 1. The van der Waals surface area contributed by atoms with Gasteiger partial charge < -0.3 is 15.8 Å². The molecule has 0 bridgehead atoms. The van der Waals surface area contributed by atoms with E-state index in [2.05, 4.69) is 15.3 Å². The van der Waals surface area contributed by atoms with Crippen molar-refractivity contribution >= 4 is 22.6 Å². The second kappa shape index (κ2) is 6.29. The van der Waals surface area contributed by atoms with Gasteiger partial charge in [0.1, 0.15) is 12.1 Å². The summed E-state index contributed by atoms with van der Waals surface area (Å²) in [5.74, 6) is 0.546. The zero-order chi connectivity index (χ0) is 14.5. The van der Waals surface area contributed by atoms with Gasteiger partial charge in [0, 0.05) is 24.6 Å². The molecule has 0 radical (unpaired) electrons. The Kier molecular flexibility index (Phi) is 4.47. The summed E-state index contributed by atoms with van der Waals surface area (Å²) in [7, 11) is 1.64. The van der Waals surface area contributed by atoms with Crippen LogP contribution >= 0.6 is 0 Å². The molecule has 3 N–H and O–H groups in total. The summed E-state index contributed by atoms with van der Waals surface area (Å²) in [6.07, 6.45) is 1.39. The van der Waals surface area contributed by atoms with Gasteiger partial charge in [0.05, 0.1) is 12.1 Å². The molecule has 0 saturated carbocycles. The first kappa shape index (κ1) is 14.2. The lowest BCUT2D eigenvalue weighted by atomic mass is 10.1. The van der Waals surface area contributed by atoms with Crippen LogP contribution in [0.3, 0.4) is 0 Å². The van der Waals surface area contributed by atoms with E-state index in [0.29, 0.717) is 30.0 Å². The second-order valence-electron chi connectivity index (χ2n) is 4.76. The Morgan fingerprint density at radius 3 is 3.00 bits per heavy atom. The Labute approximate surface area is 117 Å². The average Bonchev–Trinajstić information content (AvgIpc) is 2.45. The molecule has 2 aromatic rings. The largest absolute Gasteiger partial charge is 0.384 e. The predicted molar refractivity (Wildman–Crippen MR) is 77.3 cm³/mol. The molecule has 0 spiro atoms. The van der Waals surface area contributed by atoms with Crippen LogP contribution in [0.2, 0.25) is 0 Å². The molecule has 1 heterocycles. The zero-order valence-electron chi connectivity index (χ0n) is 11.6. The Bertz CT molecular complexity index is 615. The van der Waals surface area contributed by atoms with Gasteiger partial charge in [-0.1, -0.05) is 6.92 Å². The maximum absolute atomic E-state index is 12.1. The minimum Gasteiger partial charge on any atom is -0.384 e. The van der Waals surface area contributed by atoms with Gasteiger partial charge in [0.15, 0.2) is 0 Å². The molecule has 0 aliphatic rings. The summed E-state index contributed by atoms with van der Waals surface area (Å²) >= 11 is 0. The first-order chi connectivity index (χ1) is 9.61. The van der Waals surface area contributed by atoms with E-state index in [1.165, 1.54) is 6.33 Å². The Morgan fingerprint density at radius 1 is 1.45 bits per heavy atom. The van der Waals surface area contributed by atoms with Crippen molar-refractivity contribution < 1.29 is 9.53 Å². The van der Waals surface area contributed by atoms with Crippen LogP contribution in [0, 0.1) is 5.92 Å². The van der Waals surface area contributed by atoms with Gasteiger partial charge >= 0.3 is 0 Å². The van der Waals surface area contributed by atoms with Crippen LogP contribution in [0.5, 0.6) is 0 Å². The van der Waals surface area contributed by atoms with Crippen LogP contribution in [0.15, 0.2) is 24.5 Å². The van der Waals surface area contributed by atoms with Gasteiger partial charge in [-0.05, 0) is 24.1 Å². The fourth-order valence-corrected chi connectivity index (χ4v) is 1.93. The first-order valence-electron chi connectivity index (χ1n) is 6.39. The number of fused-ring (bicyclic) bond motifs is 1. The van der Waals surface area contributed by atoms with Crippen LogP contribution in [0.25, 0.3) is 10.9 Å². The van der Waals surface area contributed by atoms with Crippen molar-refractivity contribution in [1.29, 1.82) is 0 Å². The number of methoxy groups -OCH3 is 1. The lowest BCUT2D eigenvalue weighted by molar-refractivity contribution is 0.0934. The van der Waals surface area contributed by atoms with E-state index >= 15 is 0 Å². The number of hydrogen-bond acceptors (Lipinski definition) is 5. The molecular weight excluding hydrogens is 256 g/mol. The van der Waals surface area contributed by atoms with Gasteiger partial charge in [0.2, 0.25) is 0 Å². The number of aromatic nitrogens is 2. The molecule has 6 heteroatoms. The summed E-state index contributed by atoms with van der Waals surface area (Å²) < 4.78 is 5.03. The number of carbonyl (C=O) groups is 1. The number of ether oxygens (including phenoxy) is 1. The molecule has 0 aliphatic heterocycles. The van der Waals surface area contributed by atoms with Crippen molar-refractivity contribution in [3.8, 4) is 0 Å². The maximum Gasteiger partial charge on any atom is 0.251 e. The van der Waals surface area contributed by atoms with Gasteiger partial charge in [-0.2, -0.15) is 0 Å². The normalized spacial score (nSPS) is 12.3. The summed E-state index contributed by atoms with van der Waals surface area (Å²) in [5, 5.41) is 3.62. The summed E-state index contributed by atoms with van der Waals surface area (Å²) in [4.78, 5) is 20.1. The zero-order valence-corrected chi connectivity index (χ0v) is 11.6. The second-order valence-corrected chi connectivity index (χ2v) is 4.76. The Balaban J connectivity index is 2.11. The quantitative estimate of drug-likeness (QED) is 0.855. The van der Waals surface area contributed by atoms with Crippen LogP contribution in [0.4, 0.5) is 5.82 Å². The smallest absolute Gasteiger partial charge is 0.251 e. The Hall–Kier alpha value is -2.21. The molecule has 1 aromatic carbocycles. The molecule has 1 aromatic heterocycles. The van der Waals surface area contributed by atoms with Crippen molar-refractivity contribution in [2.75, 3.05) is 26.0 Å². The van der Waals surface area contributed by atoms with E-state index in [-0.39, 0.29) is 11.8 Å². The monoisotopic (exact) mass is 274 g/mol. The van der Waals surface area contributed by atoms with E-state index in [0.717, 1.165) is 5.39 Å². The van der Waals surface area contributed by atoms with Crippen LogP contribution in [0.1, 0.15) is 17.3 Å². The minimum atomic E-state index is -0.132. The third-order valence-corrected chi connectivity index (χ3v) is 2.99. The number of carbonyl (C=O) groups excluding carboxylic acids is 1. The number of rotatable bonds is 5. The fraction of sp³-hybridized carbons (Fsp3) is 0.357. The van der Waals surface area contributed by atoms with E-state index in [4.69, 9.17) is 10.5 Å². The molecule has 6 nitrogen and oxygen atoms in total. The van der Waals surface area contributed by atoms with E-state index < -0.39 is 0 Å². The molecule has 1 amide bonds. The number of benzene rings is 1. The van der Waals surface area contributed by atoms with E-state index in [1.807, 2.05) is 6.92 Å². The lowest BCUT2D eigenvalue weighted by Gasteiger charge is -2.11. The fourth-order valence-electron chi connectivity index (χ4n) is 1.93. The molecule has 0 saturated heterocycles. The topological polar surface area (TPSA) is 90.1 Å². The highest BCUT2D eigenvalue weighted by Crippen LogP contribution is 2.17. The SMILES string of the molecule is COCC(C)CNC(=O)c1ccc2c(N)ncnc2c1. The molecule has 2 rings (SSSR count). The van der Waals surface area contributed by atoms with Gasteiger partial charge in [-0.15, -0.1) is 0 Å². The van der Waals surface area contributed by atoms with Gasteiger partial charge in [-0.3, -0.25) is 4.79 Å². The number of anilines is 1. The van der Waals surface area contributed by atoms with E-state index in [9.17, 15) is 4.79 Å². The number of nitrogens with zero attached hydrogens (tertiary/aromatic N) is 2. The maximum atomic E-state index is 12.1. The van der Waals surface area contributed by atoms with Crippen molar-refractivity contribution in [2.24, 2.45) is 5.92 Å². The molecule has 106 valence electrons. The van der Waals surface area contributed by atoms with Gasteiger partial charge in [-0.25, -0.2) is 9.97 Å². The van der Waals surface area contributed by atoms with Crippen LogP contribution < -0.4 is 11.1 Å². The third kappa shape index (κ3) is 3.21. The number of nitrogens with two attached hydrogens (primary N) is 1. The van der Waals surface area contributed by atoms with Crippen molar-refractivity contribution in [3.05, 3.63) is 30.1 Å². The van der Waals surface area contributed by atoms with Crippen LogP contribution in [-0.2, 0) is 4.74 Å². The average molecular weight is 274 g/mol. The summed E-state index contributed by atoms with van der Waals surface area (Å²) in [5.41, 5.74) is 6.97. The molecule has 1 unspecified atom stereocenters. The molecule has 1 atom stereocenters. The summed E-state index contributed by atoms with van der Waals surface area (Å²) in [6, 6.07) is 5.19. The van der Waals surface area contributed by atoms with Crippen molar-refractivity contribution in [2.45, 2.75) is 6.92 Å². The molecular formula is C14H18N4O2. The number of hydrogen-bond donors (Lipinski definition) is 2. The molecule has 0 fully saturated rings. The van der Waals surface area contributed by atoms with Crippen molar-refractivity contribution in [3.63, 3.8) is 0 Å². The van der Waals surface area contributed by atoms with Gasteiger partial charge in [0.25, 0.3) is 5.91 Å². The molecule has 0 aliphatic carbocycles. The highest BCUT2D eigenvalue weighted by molar-refractivity contribution is 5.99. The Morgan fingerprint density at radius 2 is 2.25 bits per heavy atom.